The Balaban J connectivity index is 1.61. The van der Waals surface area contributed by atoms with Gasteiger partial charge in [-0.25, -0.2) is 0 Å². The Morgan fingerprint density at radius 3 is 2.68 bits per heavy atom. The van der Waals surface area contributed by atoms with E-state index in [0.29, 0.717) is 33.3 Å². The molecule has 1 amide bonds. The Morgan fingerprint density at radius 1 is 1.23 bits per heavy atom. The fraction of sp³-hybridized carbons (Fsp3) is 0.227. The van der Waals surface area contributed by atoms with Gasteiger partial charge in [0.1, 0.15) is 12.4 Å². The number of hydrogen-bond acceptors (Lipinski definition) is 5. The molecular formula is C22H22Cl2N4O2S. The molecule has 1 aromatic heterocycles. The minimum atomic E-state index is -0.212. The predicted octanol–water partition coefficient (Wildman–Crippen LogP) is 5.64. The minimum Gasteiger partial charge on any atom is -0.486 e. The summed E-state index contributed by atoms with van der Waals surface area (Å²) in [7, 11) is 0. The van der Waals surface area contributed by atoms with Crippen LogP contribution in [0.1, 0.15) is 18.3 Å². The van der Waals surface area contributed by atoms with Crippen LogP contribution in [0.5, 0.6) is 5.75 Å². The van der Waals surface area contributed by atoms with Gasteiger partial charge in [-0.2, -0.15) is 0 Å². The van der Waals surface area contributed by atoms with Crippen molar-refractivity contribution in [2.24, 2.45) is 0 Å². The number of aryl methyl sites for hydroxylation is 1. The van der Waals surface area contributed by atoms with E-state index >= 15 is 0 Å². The molecule has 0 atom stereocenters. The summed E-state index contributed by atoms with van der Waals surface area (Å²) in [5, 5.41) is 12.7. The number of aromatic nitrogens is 3. The van der Waals surface area contributed by atoms with Gasteiger partial charge < -0.3 is 10.1 Å². The normalized spacial score (nSPS) is 10.7. The van der Waals surface area contributed by atoms with Crippen molar-refractivity contribution in [1.29, 1.82) is 0 Å². The van der Waals surface area contributed by atoms with Crippen molar-refractivity contribution in [1.82, 2.24) is 14.8 Å². The molecule has 0 saturated heterocycles. The molecule has 0 aliphatic heterocycles. The summed E-state index contributed by atoms with van der Waals surface area (Å²) in [5.41, 5.74) is 1.76. The van der Waals surface area contributed by atoms with E-state index in [-0.39, 0.29) is 18.3 Å². The first-order valence-corrected chi connectivity index (χ1v) is 11.4. The monoisotopic (exact) mass is 476 g/mol. The number of nitrogens with zero attached hydrogens (tertiary/aromatic N) is 3. The molecule has 0 aliphatic rings. The van der Waals surface area contributed by atoms with Gasteiger partial charge in [-0.1, -0.05) is 60.1 Å². The number of nitrogens with one attached hydrogen (secondary N) is 1. The molecular weight excluding hydrogens is 455 g/mol. The Bertz CT molecular complexity index is 1050. The average Bonchev–Trinajstić information content (AvgIpc) is 3.15. The quantitative estimate of drug-likeness (QED) is 0.302. The molecule has 9 heteroatoms. The van der Waals surface area contributed by atoms with E-state index in [0.717, 1.165) is 12.2 Å². The number of hydrogen-bond donors (Lipinski definition) is 1. The molecule has 0 radical (unpaired) electrons. The summed E-state index contributed by atoms with van der Waals surface area (Å²) < 4.78 is 7.72. The second-order valence-corrected chi connectivity index (χ2v) is 8.33. The lowest BCUT2D eigenvalue weighted by atomic mass is 10.2. The van der Waals surface area contributed by atoms with Crippen molar-refractivity contribution >= 4 is 46.6 Å². The molecule has 1 heterocycles. The molecule has 0 aliphatic carbocycles. The highest BCUT2D eigenvalue weighted by Gasteiger charge is 2.15. The SMILES string of the molecule is C=CCn1c(COc2ccc(CC)cc2)nnc1SCC(=O)Nc1ccc(Cl)cc1Cl. The first-order valence-electron chi connectivity index (χ1n) is 9.62. The number of allylic oxidation sites excluding steroid dienone is 1. The van der Waals surface area contributed by atoms with Crippen molar-refractivity contribution in [2.75, 3.05) is 11.1 Å². The van der Waals surface area contributed by atoms with Crippen LogP contribution in [-0.4, -0.2) is 26.4 Å². The van der Waals surface area contributed by atoms with Crippen LogP contribution >= 0.6 is 35.0 Å². The van der Waals surface area contributed by atoms with Gasteiger partial charge in [0.25, 0.3) is 0 Å². The molecule has 6 nitrogen and oxygen atoms in total. The Labute approximate surface area is 195 Å². The molecule has 0 bridgehead atoms. The third kappa shape index (κ3) is 6.50. The fourth-order valence-corrected chi connectivity index (χ4v) is 3.94. The van der Waals surface area contributed by atoms with Gasteiger partial charge in [0.2, 0.25) is 5.91 Å². The number of carbonyl (C=O) groups excluding carboxylic acids is 1. The smallest absolute Gasteiger partial charge is 0.234 e. The lowest BCUT2D eigenvalue weighted by Crippen LogP contribution is -2.15. The highest BCUT2D eigenvalue weighted by atomic mass is 35.5. The van der Waals surface area contributed by atoms with Crippen molar-refractivity contribution in [3.63, 3.8) is 0 Å². The van der Waals surface area contributed by atoms with E-state index in [1.54, 1.807) is 24.3 Å². The van der Waals surface area contributed by atoms with Crippen LogP contribution in [0.3, 0.4) is 0 Å². The average molecular weight is 477 g/mol. The zero-order valence-corrected chi connectivity index (χ0v) is 19.3. The molecule has 162 valence electrons. The summed E-state index contributed by atoms with van der Waals surface area (Å²) in [6, 6.07) is 12.9. The molecule has 3 aromatic rings. The van der Waals surface area contributed by atoms with Gasteiger partial charge in [-0.15, -0.1) is 16.8 Å². The van der Waals surface area contributed by atoms with Gasteiger partial charge >= 0.3 is 0 Å². The van der Waals surface area contributed by atoms with Crippen LogP contribution in [0.4, 0.5) is 5.69 Å². The van der Waals surface area contributed by atoms with E-state index in [9.17, 15) is 4.79 Å². The summed E-state index contributed by atoms with van der Waals surface area (Å²) in [6.45, 7) is 6.67. The van der Waals surface area contributed by atoms with Crippen LogP contribution in [0.2, 0.25) is 10.0 Å². The Hall–Kier alpha value is -2.48. The van der Waals surface area contributed by atoms with Crippen molar-refractivity contribution in [3.8, 4) is 5.75 Å². The van der Waals surface area contributed by atoms with Gasteiger partial charge in [-0.3, -0.25) is 9.36 Å². The number of amides is 1. The standard InChI is InChI=1S/C22H22Cl2N4O2S/c1-3-11-28-20(13-30-17-8-5-15(4-2)6-9-17)26-27-22(28)31-14-21(29)25-19-10-7-16(23)12-18(19)24/h3,5-10,12H,1,4,11,13-14H2,2H3,(H,25,29). The largest absolute Gasteiger partial charge is 0.486 e. The Morgan fingerprint density at radius 2 is 2.00 bits per heavy atom. The van der Waals surface area contributed by atoms with Gasteiger partial charge in [0.05, 0.1) is 16.5 Å². The van der Waals surface area contributed by atoms with E-state index < -0.39 is 0 Å². The van der Waals surface area contributed by atoms with Gasteiger partial charge in [-0.05, 0) is 42.3 Å². The van der Waals surface area contributed by atoms with Crippen LogP contribution < -0.4 is 10.1 Å². The topological polar surface area (TPSA) is 69.0 Å². The number of thioether (sulfide) groups is 1. The first-order chi connectivity index (χ1) is 15.0. The predicted molar refractivity (Wildman–Crippen MR) is 126 cm³/mol. The summed E-state index contributed by atoms with van der Waals surface area (Å²) in [4.78, 5) is 12.3. The zero-order valence-electron chi connectivity index (χ0n) is 17.0. The van der Waals surface area contributed by atoms with E-state index in [1.807, 2.05) is 28.8 Å². The minimum absolute atomic E-state index is 0.146. The maximum Gasteiger partial charge on any atom is 0.234 e. The van der Waals surface area contributed by atoms with E-state index in [1.165, 1.54) is 17.3 Å². The lowest BCUT2D eigenvalue weighted by molar-refractivity contribution is -0.113. The van der Waals surface area contributed by atoms with Crippen molar-refractivity contribution < 1.29 is 9.53 Å². The molecule has 0 spiro atoms. The van der Waals surface area contributed by atoms with Crippen molar-refractivity contribution in [2.45, 2.75) is 31.7 Å². The number of rotatable bonds is 10. The van der Waals surface area contributed by atoms with Crippen LogP contribution in [0, 0.1) is 0 Å². The highest BCUT2D eigenvalue weighted by Crippen LogP contribution is 2.26. The van der Waals surface area contributed by atoms with Crippen LogP contribution in [-0.2, 0) is 24.4 Å². The molecule has 2 aromatic carbocycles. The second-order valence-electron chi connectivity index (χ2n) is 6.55. The van der Waals surface area contributed by atoms with Crippen LogP contribution in [0.15, 0.2) is 60.3 Å². The van der Waals surface area contributed by atoms with Crippen molar-refractivity contribution in [3.05, 3.63) is 76.6 Å². The van der Waals surface area contributed by atoms with Gasteiger partial charge in [0, 0.05) is 11.6 Å². The number of anilines is 1. The number of ether oxygens (including phenoxy) is 1. The fourth-order valence-electron chi connectivity index (χ4n) is 2.72. The highest BCUT2D eigenvalue weighted by molar-refractivity contribution is 7.99. The molecule has 31 heavy (non-hydrogen) atoms. The third-order valence-electron chi connectivity index (χ3n) is 4.34. The molecule has 0 fully saturated rings. The molecule has 3 rings (SSSR count). The maximum absolute atomic E-state index is 12.3. The molecule has 0 saturated carbocycles. The van der Waals surface area contributed by atoms with Gasteiger partial charge in [0.15, 0.2) is 11.0 Å². The lowest BCUT2D eigenvalue weighted by Gasteiger charge is -2.10. The first kappa shape index (κ1) is 23.2. The zero-order chi connectivity index (χ0) is 22.2. The summed E-state index contributed by atoms with van der Waals surface area (Å²) in [6.07, 6.45) is 2.73. The number of carbonyl (C=O) groups is 1. The maximum atomic E-state index is 12.3. The van der Waals surface area contributed by atoms with E-state index in [2.05, 4.69) is 29.0 Å². The molecule has 0 unspecified atom stereocenters. The Kier molecular flexibility index (Phi) is 8.40. The number of halogens is 2. The number of benzene rings is 2. The van der Waals surface area contributed by atoms with E-state index in [4.69, 9.17) is 27.9 Å². The third-order valence-corrected chi connectivity index (χ3v) is 5.86. The second kappa shape index (κ2) is 11.2. The summed E-state index contributed by atoms with van der Waals surface area (Å²) >= 11 is 13.3. The van der Waals surface area contributed by atoms with Crippen LogP contribution in [0.25, 0.3) is 0 Å². The molecule has 1 N–H and O–H groups in total. The summed E-state index contributed by atoms with van der Waals surface area (Å²) in [5.74, 6) is 1.35.